The number of hydrogen-bond donors (Lipinski definition) is 0. The first-order valence-electron chi connectivity index (χ1n) is 8.48. The topological polar surface area (TPSA) is 35.5 Å². The Balaban J connectivity index is 1.70. The van der Waals surface area contributed by atoms with E-state index < -0.39 is 0 Å². The monoisotopic (exact) mass is 422 g/mol. The number of ether oxygens (including phenoxy) is 2. The van der Waals surface area contributed by atoms with Gasteiger partial charge in [0.2, 0.25) is 0 Å². The lowest BCUT2D eigenvalue weighted by atomic mass is 10.1. The Morgan fingerprint density at radius 2 is 1.78 bits per heavy atom. The zero-order valence-corrected chi connectivity index (χ0v) is 16.5. The summed E-state index contributed by atoms with van der Waals surface area (Å²) in [6.45, 7) is 0.466. The van der Waals surface area contributed by atoms with Crippen LogP contribution in [-0.2, 0) is 6.61 Å². The number of rotatable bonds is 7. The van der Waals surface area contributed by atoms with Crippen molar-refractivity contribution in [1.29, 1.82) is 0 Å². The molecule has 3 aromatic carbocycles. The highest BCUT2D eigenvalue weighted by Gasteiger charge is 2.06. The van der Waals surface area contributed by atoms with Gasteiger partial charge in [-0.05, 0) is 41.5 Å². The van der Waals surface area contributed by atoms with Crippen LogP contribution in [0, 0.1) is 0 Å². The van der Waals surface area contributed by atoms with Gasteiger partial charge in [0.15, 0.2) is 17.3 Å². The molecular formula is C23H19BrO3. The quantitative estimate of drug-likeness (QED) is 0.349. The molecule has 0 radical (unpaired) electrons. The van der Waals surface area contributed by atoms with Crippen molar-refractivity contribution in [2.75, 3.05) is 7.11 Å². The number of ketones is 1. The van der Waals surface area contributed by atoms with Crippen LogP contribution in [0.4, 0.5) is 0 Å². The van der Waals surface area contributed by atoms with Crippen LogP contribution >= 0.6 is 15.9 Å². The molecule has 0 heterocycles. The molecular weight excluding hydrogens is 404 g/mol. The SMILES string of the molecule is COc1cc(/C=C/C(=O)c2cccc(Br)c2)ccc1OCc1ccccc1. The molecule has 0 atom stereocenters. The Morgan fingerprint density at radius 3 is 2.52 bits per heavy atom. The van der Waals surface area contributed by atoms with Crippen LogP contribution in [0.2, 0.25) is 0 Å². The van der Waals surface area contributed by atoms with Crippen molar-refractivity contribution in [1.82, 2.24) is 0 Å². The van der Waals surface area contributed by atoms with Crippen molar-refractivity contribution in [2.45, 2.75) is 6.61 Å². The lowest BCUT2D eigenvalue weighted by molar-refractivity contribution is 0.104. The second kappa shape index (κ2) is 9.19. The first-order chi connectivity index (χ1) is 13.2. The Labute approximate surface area is 167 Å². The molecule has 0 bridgehead atoms. The van der Waals surface area contributed by atoms with Gasteiger partial charge < -0.3 is 9.47 Å². The molecule has 0 aliphatic carbocycles. The number of hydrogen-bond acceptors (Lipinski definition) is 3. The van der Waals surface area contributed by atoms with Crippen molar-refractivity contribution < 1.29 is 14.3 Å². The van der Waals surface area contributed by atoms with Crippen molar-refractivity contribution in [2.24, 2.45) is 0 Å². The third-order valence-electron chi connectivity index (χ3n) is 3.96. The predicted octanol–water partition coefficient (Wildman–Crippen LogP) is 5.93. The van der Waals surface area contributed by atoms with Gasteiger partial charge in [0, 0.05) is 10.0 Å². The third-order valence-corrected chi connectivity index (χ3v) is 4.45. The number of allylic oxidation sites excluding steroid dienone is 1. The second-order valence-corrected chi connectivity index (χ2v) is 6.81. The van der Waals surface area contributed by atoms with E-state index in [9.17, 15) is 4.79 Å². The fourth-order valence-corrected chi connectivity index (χ4v) is 2.95. The normalized spacial score (nSPS) is 10.7. The average Bonchev–Trinajstić information content (AvgIpc) is 2.71. The van der Waals surface area contributed by atoms with Crippen LogP contribution in [0.1, 0.15) is 21.5 Å². The zero-order chi connectivity index (χ0) is 19.1. The van der Waals surface area contributed by atoms with Crippen LogP contribution in [0.25, 0.3) is 6.08 Å². The summed E-state index contributed by atoms with van der Waals surface area (Å²) in [5.41, 5.74) is 2.58. The van der Waals surface area contributed by atoms with E-state index in [0.29, 0.717) is 23.7 Å². The Kier molecular flexibility index (Phi) is 6.44. The van der Waals surface area contributed by atoms with E-state index in [4.69, 9.17) is 9.47 Å². The highest BCUT2D eigenvalue weighted by molar-refractivity contribution is 9.10. The lowest BCUT2D eigenvalue weighted by Gasteiger charge is -2.11. The smallest absolute Gasteiger partial charge is 0.185 e. The van der Waals surface area contributed by atoms with E-state index in [2.05, 4.69) is 15.9 Å². The molecule has 0 aliphatic heterocycles. The van der Waals surface area contributed by atoms with Gasteiger partial charge in [-0.1, -0.05) is 70.5 Å². The van der Waals surface area contributed by atoms with E-state index in [1.54, 1.807) is 31.4 Å². The molecule has 0 aliphatic rings. The summed E-state index contributed by atoms with van der Waals surface area (Å²) in [6.07, 6.45) is 3.33. The van der Waals surface area contributed by atoms with E-state index in [1.807, 2.05) is 60.7 Å². The second-order valence-electron chi connectivity index (χ2n) is 5.89. The van der Waals surface area contributed by atoms with Gasteiger partial charge in [0.1, 0.15) is 6.61 Å². The zero-order valence-electron chi connectivity index (χ0n) is 14.9. The highest BCUT2D eigenvalue weighted by Crippen LogP contribution is 2.29. The van der Waals surface area contributed by atoms with E-state index >= 15 is 0 Å². The number of methoxy groups -OCH3 is 1. The van der Waals surface area contributed by atoms with Crippen LogP contribution in [0.5, 0.6) is 11.5 Å². The fraction of sp³-hybridized carbons (Fsp3) is 0.0870. The molecule has 3 aromatic rings. The molecule has 0 spiro atoms. The van der Waals surface area contributed by atoms with E-state index in [0.717, 1.165) is 15.6 Å². The molecule has 0 saturated carbocycles. The molecule has 0 unspecified atom stereocenters. The predicted molar refractivity (Wildman–Crippen MR) is 111 cm³/mol. The molecule has 27 heavy (non-hydrogen) atoms. The molecule has 136 valence electrons. The summed E-state index contributed by atoms with van der Waals surface area (Å²) in [4.78, 5) is 12.3. The number of halogens is 1. The highest BCUT2D eigenvalue weighted by atomic mass is 79.9. The van der Waals surface area contributed by atoms with Gasteiger partial charge in [-0.2, -0.15) is 0 Å². The van der Waals surface area contributed by atoms with Gasteiger partial charge in [0.25, 0.3) is 0 Å². The fourth-order valence-electron chi connectivity index (χ4n) is 2.55. The third kappa shape index (κ3) is 5.31. The molecule has 3 rings (SSSR count). The molecule has 0 saturated heterocycles. The molecule has 0 aromatic heterocycles. The molecule has 0 N–H and O–H groups in total. The first kappa shape index (κ1) is 18.9. The maximum Gasteiger partial charge on any atom is 0.185 e. The average molecular weight is 423 g/mol. The minimum Gasteiger partial charge on any atom is -0.493 e. The number of carbonyl (C=O) groups excluding carboxylic acids is 1. The summed E-state index contributed by atoms with van der Waals surface area (Å²) >= 11 is 3.38. The maximum atomic E-state index is 12.3. The van der Waals surface area contributed by atoms with Crippen LogP contribution in [0.15, 0.2) is 83.3 Å². The molecule has 0 fully saturated rings. The lowest BCUT2D eigenvalue weighted by Crippen LogP contribution is -1.98. The Morgan fingerprint density at radius 1 is 0.963 bits per heavy atom. The van der Waals surface area contributed by atoms with Gasteiger partial charge in [-0.15, -0.1) is 0 Å². The van der Waals surface area contributed by atoms with Gasteiger partial charge in [-0.3, -0.25) is 4.79 Å². The van der Waals surface area contributed by atoms with E-state index in [1.165, 1.54) is 0 Å². The van der Waals surface area contributed by atoms with Crippen molar-refractivity contribution >= 4 is 27.8 Å². The van der Waals surface area contributed by atoms with E-state index in [-0.39, 0.29) is 5.78 Å². The van der Waals surface area contributed by atoms with Crippen LogP contribution in [-0.4, -0.2) is 12.9 Å². The first-order valence-corrected chi connectivity index (χ1v) is 9.28. The summed E-state index contributed by atoms with van der Waals surface area (Å²) < 4.78 is 12.2. The Bertz CT molecular complexity index is 949. The van der Waals surface area contributed by atoms with Gasteiger partial charge >= 0.3 is 0 Å². The minimum atomic E-state index is -0.0559. The summed E-state index contributed by atoms with van der Waals surface area (Å²) in [5.74, 6) is 1.24. The summed E-state index contributed by atoms with van der Waals surface area (Å²) in [5, 5.41) is 0. The number of carbonyl (C=O) groups is 1. The van der Waals surface area contributed by atoms with Gasteiger partial charge in [0.05, 0.1) is 7.11 Å². The van der Waals surface area contributed by atoms with Crippen LogP contribution in [0.3, 0.4) is 0 Å². The molecule has 3 nitrogen and oxygen atoms in total. The number of benzene rings is 3. The molecule has 4 heteroatoms. The van der Waals surface area contributed by atoms with Crippen molar-refractivity contribution in [3.63, 3.8) is 0 Å². The largest absolute Gasteiger partial charge is 0.493 e. The summed E-state index contributed by atoms with van der Waals surface area (Å²) in [7, 11) is 1.60. The van der Waals surface area contributed by atoms with Gasteiger partial charge in [-0.25, -0.2) is 0 Å². The van der Waals surface area contributed by atoms with Crippen molar-refractivity contribution in [3.8, 4) is 11.5 Å². The molecule has 0 amide bonds. The Hall–Kier alpha value is -2.85. The standard InChI is InChI=1S/C23H19BrO3/c1-26-23-14-17(10-12-21(25)19-8-5-9-20(24)15-19)11-13-22(23)27-16-18-6-3-2-4-7-18/h2-15H,16H2,1H3/b12-10+. The maximum absolute atomic E-state index is 12.3. The van der Waals surface area contributed by atoms with Crippen LogP contribution < -0.4 is 9.47 Å². The summed E-state index contributed by atoms with van der Waals surface area (Å²) in [6, 6.07) is 22.9. The van der Waals surface area contributed by atoms with Crippen molar-refractivity contribution in [3.05, 3.63) is 100 Å². The minimum absolute atomic E-state index is 0.0559.